The second-order valence-corrected chi connectivity index (χ2v) is 7.04. The van der Waals surface area contributed by atoms with Gasteiger partial charge >= 0.3 is 6.09 Å². The van der Waals surface area contributed by atoms with Crippen molar-refractivity contribution in [2.24, 2.45) is 0 Å². The Kier molecular flexibility index (Phi) is 4.68. The van der Waals surface area contributed by atoms with Gasteiger partial charge in [0, 0.05) is 28.6 Å². The van der Waals surface area contributed by atoms with Gasteiger partial charge < -0.3 is 19.7 Å². The van der Waals surface area contributed by atoms with E-state index < -0.39 is 6.09 Å². The Morgan fingerprint density at radius 3 is 2.62 bits per heavy atom. The van der Waals surface area contributed by atoms with Crippen LogP contribution in [0.4, 0.5) is 16.4 Å². The van der Waals surface area contributed by atoms with Gasteiger partial charge in [-0.2, -0.15) is 0 Å². The van der Waals surface area contributed by atoms with E-state index in [4.69, 9.17) is 9.84 Å². The Morgan fingerprint density at radius 1 is 1.15 bits per heavy atom. The number of imidazole rings is 1. The lowest BCUT2D eigenvalue weighted by Crippen LogP contribution is -2.36. The van der Waals surface area contributed by atoms with E-state index in [9.17, 15) is 4.79 Å². The molecule has 26 heavy (non-hydrogen) atoms. The first kappa shape index (κ1) is 16.7. The summed E-state index contributed by atoms with van der Waals surface area (Å²) in [6, 6.07) is 14.3. The number of anilines is 2. The Bertz CT molecular complexity index is 920. The predicted octanol–water partition coefficient (Wildman–Crippen LogP) is 3.64. The Labute approximate surface area is 154 Å². The number of amides is 1. The highest BCUT2D eigenvalue weighted by Crippen LogP contribution is 2.31. The minimum Gasteiger partial charge on any atom is -0.465 e. The highest BCUT2D eigenvalue weighted by atomic mass is 32.2. The predicted molar refractivity (Wildman–Crippen MR) is 101 cm³/mol. The number of rotatable bonds is 4. The molecule has 0 spiro atoms. The molecule has 2 aromatic carbocycles. The maximum atomic E-state index is 10.7. The van der Waals surface area contributed by atoms with Crippen molar-refractivity contribution in [1.82, 2.24) is 9.97 Å². The van der Waals surface area contributed by atoms with Gasteiger partial charge in [-0.1, -0.05) is 11.8 Å². The van der Waals surface area contributed by atoms with Crippen LogP contribution in [-0.4, -0.2) is 47.5 Å². The largest absolute Gasteiger partial charge is 0.465 e. The molecule has 1 aliphatic rings. The lowest BCUT2D eigenvalue weighted by Gasteiger charge is -2.28. The number of nitrogens with one attached hydrogen (secondary N) is 2. The molecular formula is C18H18N4O3S. The molecule has 8 heteroatoms. The van der Waals surface area contributed by atoms with Gasteiger partial charge in [0.05, 0.1) is 24.2 Å². The van der Waals surface area contributed by atoms with Gasteiger partial charge in [0.2, 0.25) is 5.95 Å². The van der Waals surface area contributed by atoms with E-state index >= 15 is 0 Å². The summed E-state index contributed by atoms with van der Waals surface area (Å²) in [5.41, 5.74) is 2.73. The topological polar surface area (TPSA) is 90.5 Å². The number of fused-ring (bicyclic) bond motifs is 1. The molecule has 1 amide bonds. The van der Waals surface area contributed by atoms with Crippen molar-refractivity contribution in [1.29, 1.82) is 0 Å². The SMILES string of the molecule is O=C(O)Nc1nc2cc(Sc3ccc(N4CCOCC4)cc3)ccc2[nH]1. The summed E-state index contributed by atoms with van der Waals surface area (Å²) in [5.74, 6) is 0.226. The molecule has 0 bridgehead atoms. The van der Waals surface area contributed by atoms with Gasteiger partial charge in [-0.25, -0.2) is 9.78 Å². The first-order valence-electron chi connectivity index (χ1n) is 8.28. The molecule has 1 aliphatic heterocycles. The van der Waals surface area contributed by atoms with Crippen molar-refractivity contribution in [2.75, 3.05) is 36.5 Å². The Morgan fingerprint density at radius 2 is 1.88 bits per heavy atom. The second kappa shape index (κ2) is 7.27. The number of aromatic amines is 1. The molecule has 1 saturated heterocycles. The summed E-state index contributed by atoms with van der Waals surface area (Å²) in [7, 11) is 0. The van der Waals surface area contributed by atoms with E-state index in [0.29, 0.717) is 0 Å². The van der Waals surface area contributed by atoms with Crippen molar-refractivity contribution in [3.05, 3.63) is 42.5 Å². The summed E-state index contributed by atoms with van der Waals surface area (Å²) in [4.78, 5) is 22.4. The lowest BCUT2D eigenvalue weighted by atomic mass is 10.2. The lowest BCUT2D eigenvalue weighted by molar-refractivity contribution is 0.122. The number of morpholine rings is 1. The van der Waals surface area contributed by atoms with Crippen LogP contribution in [0, 0.1) is 0 Å². The molecule has 4 rings (SSSR count). The third-order valence-electron chi connectivity index (χ3n) is 4.13. The normalized spacial score (nSPS) is 14.5. The van der Waals surface area contributed by atoms with Gasteiger partial charge in [-0.15, -0.1) is 0 Å². The molecule has 1 aromatic heterocycles. The smallest absolute Gasteiger partial charge is 0.411 e. The molecule has 0 saturated carbocycles. The molecule has 2 heterocycles. The minimum absolute atomic E-state index is 0.226. The van der Waals surface area contributed by atoms with Gasteiger partial charge in [0.1, 0.15) is 0 Å². The standard InChI is InChI=1S/C18H18N4O3S/c23-18(24)21-17-19-15-6-5-14(11-16(15)20-17)26-13-3-1-12(2-4-13)22-7-9-25-10-8-22/h1-6,11H,7-10H2,(H,23,24)(H2,19,20,21). The number of H-pyrrole nitrogens is 1. The number of hydrogen-bond donors (Lipinski definition) is 3. The van der Waals surface area contributed by atoms with E-state index in [2.05, 4.69) is 44.5 Å². The number of ether oxygens (including phenoxy) is 1. The Balaban J connectivity index is 1.48. The zero-order valence-corrected chi connectivity index (χ0v) is 14.8. The van der Waals surface area contributed by atoms with Crippen LogP contribution in [0.2, 0.25) is 0 Å². The zero-order chi connectivity index (χ0) is 17.9. The highest BCUT2D eigenvalue weighted by molar-refractivity contribution is 7.99. The molecule has 0 radical (unpaired) electrons. The monoisotopic (exact) mass is 370 g/mol. The molecule has 3 N–H and O–H groups in total. The number of carbonyl (C=O) groups is 1. The van der Waals surface area contributed by atoms with Gasteiger partial charge in [-0.3, -0.25) is 5.32 Å². The van der Waals surface area contributed by atoms with E-state index in [1.807, 2.05) is 18.2 Å². The third kappa shape index (κ3) is 3.76. The average molecular weight is 370 g/mol. The van der Waals surface area contributed by atoms with Crippen molar-refractivity contribution in [3.8, 4) is 0 Å². The average Bonchev–Trinajstić information content (AvgIpc) is 3.04. The summed E-state index contributed by atoms with van der Waals surface area (Å²) >= 11 is 1.65. The fourth-order valence-electron chi connectivity index (χ4n) is 2.89. The molecule has 7 nitrogen and oxygen atoms in total. The van der Waals surface area contributed by atoms with Gasteiger partial charge in [0.15, 0.2) is 0 Å². The second-order valence-electron chi connectivity index (χ2n) is 5.89. The maximum Gasteiger partial charge on any atom is 0.411 e. The van der Waals surface area contributed by atoms with Crippen LogP contribution < -0.4 is 10.2 Å². The fraction of sp³-hybridized carbons (Fsp3) is 0.222. The molecule has 0 unspecified atom stereocenters. The maximum absolute atomic E-state index is 10.7. The van der Waals surface area contributed by atoms with E-state index in [1.54, 1.807) is 11.8 Å². The summed E-state index contributed by atoms with van der Waals surface area (Å²) < 4.78 is 5.39. The van der Waals surface area contributed by atoms with E-state index in [0.717, 1.165) is 47.1 Å². The molecule has 0 atom stereocenters. The number of aromatic nitrogens is 2. The Hall–Kier alpha value is -2.71. The number of hydrogen-bond acceptors (Lipinski definition) is 5. The van der Waals surface area contributed by atoms with Crippen LogP contribution in [-0.2, 0) is 4.74 Å². The first-order valence-corrected chi connectivity index (χ1v) is 9.09. The van der Waals surface area contributed by atoms with Crippen molar-refractivity contribution >= 4 is 40.5 Å². The molecule has 1 fully saturated rings. The summed E-state index contributed by atoms with van der Waals surface area (Å²) in [5, 5.41) is 11.0. The van der Waals surface area contributed by atoms with Crippen LogP contribution >= 0.6 is 11.8 Å². The van der Waals surface area contributed by atoms with E-state index in [1.165, 1.54) is 5.69 Å². The molecular weight excluding hydrogens is 352 g/mol. The van der Waals surface area contributed by atoms with Crippen molar-refractivity contribution < 1.29 is 14.6 Å². The van der Waals surface area contributed by atoms with Crippen LogP contribution in [0.1, 0.15) is 0 Å². The zero-order valence-electron chi connectivity index (χ0n) is 13.9. The van der Waals surface area contributed by atoms with E-state index in [-0.39, 0.29) is 5.95 Å². The number of nitrogens with zero attached hydrogens (tertiary/aromatic N) is 2. The number of benzene rings is 2. The fourth-order valence-corrected chi connectivity index (χ4v) is 3.74. The quantitative estimate of drug-likeness (QED) is 0.650. The molecule has 0 aliphatic carbocycles. The van der Waals surface area contributed by atoms with Crippen molar-refractivity contribution in [3.63, 3.8) is 0 Å². The minimum atomic E-state index is -1.14. The van der Waals surface area contributed by atoms with Gasteiger partial charge in [0.25, 0.3) is 0 Å². The highest BCUT2D eigenvalue weighted by Gasteiger charge is 2.11. The summed E-state index contributed by atoms with van der Waals surface area (Å²) in [6.45, 7) is 3.40. The van der Waals surface area contributed by atoms with Crippen molar-refractivity contribution in [2.45, 2.75) is 9.79 Å². The molecule has 134 valence electrons. The molecule has 3 aromatic rings. The number of carboxylic acid groups (broad SMARTS) is 1. The summed E-state index contributed by atoms with van der Waals surface area (Å²) in [6.07, 6.45) is -1.14. The van der Waals surface area contributed by atoms with Crippen LogP contribution in [0.5, 0.6) is 0 Å². The van der Waals surface area contributed by atoms with Crippen LogP contribution in [0.15, 0.2) is 52.3 Å². The first-order chi connectivity index (χ1) is 12.7. The van der Waals surface area contributed by atoms with Crippen LogP contribution in [0.25, 0.3) is 11.0 Å². The van der Waals surface area contributed by atoms with Gasteiger partial charge in [-0.05, 0) is 42.5 Å². The van der Waals surface area contributed by atoms with Crippen LogP contribution in [0.3, 0.4) is 0 Å². The third-order valence-corrected chi connectivity index (χ3v) is 5.13.